The van der Waals surface area contributed by atoms with Crippen LogP contribution in [0.2, 0.25) is 0 Å². The number of aromatic nitrogens is 1. The summed E-state index contributed by atoms with van der Waals surface area (Å²) in [7, 11) is 0. The summed E-state index contributed by atoms with van der Waals surface area (Å²) in [5.41, 5.74) is 6.98. The number of carbonyl (C=O) groups excluding carboxylic acids is 1. The fourth-order valence-electron chi connectivity index (χ4n) is 2.76. The molecule has 4 nitrogen and oxygen atoms in total. The highest BCUT2D eigenvalue weighted by atomic mass is 16.1. The maximum absolute atomic E-state index is 12.2. The van der Waals surface area contributed by atoms with Crippen LogP contribution in [0.25, 0.3) is 0 Å². The van der Waals surface area contributed by atoms with Gasteiger partial charge in [0.1, 0.15) is 5.69 Å². The summed E-state index contributed by atoms with van der Waals surface area (Å²) in [5.74, 6) is 0.517. The Balaban J connectivity index is 1.95. The minimum Gasteiger partial charge on any atom is -0.348 e. The lowest BCUT2D eigenvalue weighted by molar-refractivity contribution is 0.0914. The molecule has 1 aromatic heterocycles. The fraction of sp³-hybridized carbons (Fsp3) is 0.600. The number of nitrogens with one attached hydrogen (secondary N) is 1. The van der Waals surface area contributed by atoms with Crippen molar-refractivity contribution in [3.05, 3.63) is 29.6 Å². The summed E-state index contributed by atoms with van der Waals surface area (Å²) < 4.78 is 0. The first-order valence-corrected chi connectivity index (χ1v) is 7.16. The summed E-state index contributed by atoms with van der Waals surface area (Å²) in [6.45, 7) is 2.53. The first-order valence-electron chi connectivity index (χ1n) is 7.16. The second-order valence-corrected chi connectivity index (χ2v) is 5.41. The van der Waals surface area contributed by atoms with Gasteiger partial charge in [0.05, 0.1) is 0 Å². The van der Waals surface area contributed by atoms with Crippen molar-refractivity contribution in [2.24, 2.45) is 11.7 Å². The van der Waals surface area contributed by atoms with Gasteiger partial charge in [-0.25, -0.2) is 0 Å². The predicted molar refractivity (Wildman–Crippen MR) is 75.6 cm³/mol. The second-order valence-electron chi connectivity index (χ2n) is 5.41. The Hall–Kier alpha value is -1.42. The molecule has 3 N–H and O–H groups in total. The zero-order valence-electron chi connectivity index (χ0n) is 11.6. The van der Waals surface area contributed by atoms with Crippen molar-refractivity contribution in [1.29, 1.82) is 0 Å². The Kier molecular flexibility index (Phi) is 4.91. The molecule has 1 heterocycles. The summed E-state index contributed by atoms with van der Waals surface area (Å²) in [6.07, 6.45) is 7.98. The molecular weight excluding hydrogens is 238 g/mol. The number of pyridine rings is 1. The molecule has 0 unspecified atom stereocenters. The van der Waals surface area contributed by atoms with Crippen molar-refractivity contribution in [2.45, 2.75) is 51.6 Å². The minimum atomic E-state index is -0.0895. The zero-order valence-corrected chi connectivity index (χ0v) is 11.6. The van der Waals surface area contributed by atoms with Gasteiger partial charge in [-0.3, -0.25) is 9.78 Å². The van der Waals surface area contributed by atoms with Crippen LogP contribution in [-0.2, 0) is 6.54 Å². The van der Waals surface area contributed by atoms with Gasteiger partial charge in [0.25, 0.3) is 5.91 Å². The average molecular weight is 261 g/mol. The van der Waals surface area contributed by atoms with Gasteiger partial charge in [0.2, 0.25) is 0 Å². The molecule has 0 bridgehead atoms. The standard InChI is InChI=1S/C15H23N3O/c1-11(13-5-3-2-4-6-13)18-15(19)14-9-12(10-16)7-8-17-14/h7-9,11,13H,2-6,10,16H2,1H3,(H,18,19)/t11-/m0/s1. The van der Waals surface area contributed by atoms with Gasteiger partial charge in [-0.05, 0) is 43.4 Å². The molecule has 0 aromatic carbocycles. The van der Waals surface area contributed by atoms with Crippen molar-refractivity contribution >= 4 is 5.91 Å². The minimum absolute atomic E-state index is 0.0895. The number of rotatable bonds is 4. The third-order valence-electron chi connectivity index (χ3n) is 4.01. The largest absolute Gasteiger partial charge is 0.348 e. The van der Waals surface area contributed by atoms with E-state index < -0.39 is 0 Å². The number of carbonyl (C=O) groups is 1. The Bertz CT molecular complexity index is 427. The third kappa shape index (κ3) is 3.77. The fourth-order valence-corrected chi connectivity index (χ4v) is 2.76. The van der Waals surface area contributed by atoms with Crippen LogP contribution in [0.5, 0.6) is 0 Å². The predicted octanol–water partition coefficient (Wildman–Crippen LogP) is 2.24. The van der Waals surface area contributed by atoms with E-state index in [1.807, 2.05) is 6.07 Å². The molecule has 0 aliphatic heterocycles. The topological polar surface area (TPSA) is 68.0 Å². The number of hydrogen-bond acceptors (Lipinski definition) is 3. The van der Waals surface area contributed by atoms with E-state index in [9.17, 15) is 4.79 Å². The van der Waals surface area contributed by atoms with Gasteiger partial charge in [-0.2, -0.15) is 0 Å². The van der Waals surface area contributed by atoms with Crippen LogP contribution in [-0.4, -0.2) is 16.9 Å². The molecule has 1 aromatic rings. The molecule has 2 rings (SSSR count). The average Bonchev–Trinajstić information content (AvgIpc) is 2.48. The first-order chi connectivity index (χ1) is 9.20. The smallest absolute Gasteiger partial charge is 0.270 e. The molecule has 104 valence electrons. The van der Waals surface area contributed by atoms with E-state index in [1.54, 1.807) is 12.3 Å². The van der Waals surface area contributed by atoms with Crippen LogP contribution in [0.1, 0.15) is 55.1 Å². The Morgan fingerprint density at radius 1 is 1.47 bits per heavy atom. The Morgan fingerprint density at radius 3 is 2.89 bits per heavy atom. The molecule has 0 saturated heterocycles. The lowest BCUT2D eigenvalue weighted by Crippen LogP contribution is -2.39. The normalized spacial score (nSPS) is 18.0. The van der Waals surface area contributed by atoms with Crippen molar-refractivity contribution < 1.29 is 4.79 Å². The quantitative estimate of drug-likeness (QED) is 0.873. The van der Waals surface area contributed by atoms with Gasteiger partial charge in [0, 0.05) is 18.8 Å². The van der Waals surface area contributed by atoms with Crippen LogP contribution < -0.4 is 11.1 Å². The summed E-state index contributed by atoms with van der Waals surface area (Å²) in [6, 6.07) is 3.82. The molecule has 1 atom stereocenters. The van der Waals surface area contributed by atoms with Crippen molar-refractivity contribution in [3.8, 4) is 0 Å². The maximum Gasteiger partial charge on any atom is 0.270 e. The highest BCUT2D eigenvalue weighted by molar-refractivity contribution is 5.92. The van der Waals surface area contributed by atoms with E-state index in [2.05, 4.69) is 17.2 Å². The summed E-state index contributed by atoms with van der Waals surface area (Å²) in [4.78, 5) is 16.3. The molecule has 0 spiro atoms. The van der Waals surface area contributed by atoms with Crippen LogP contribution >= 0.6 is 0 Å². The van der Waals surface area contributed by atoms with Crippen molar-refractivity contribution in [3.63, 3.8) is 0 Å². The molecule has 0 radical (unpaired) electrons. The van der Waals surface area contributed by atoms with Gasteiger partial charge in [0.15, 0.2) is 0 Å². The van der Waals surface area contributed by atoms with Crippen LogP contribution in [0.15, 0.2) is 18.3 Å². The number of hydrogen-bond donors (Lipinski definition) is 2. The van der Waals surface area contributed by atoms with E-state index in [4.69, 9.17) is 5.73 Å². The van der Waals surface area contributed by atoms with Crippen molar-refractivity contribution in [2.75, 3.05) is 0 Å². The van der Waals surface area contributed by atoms with E-state index in [0.29, 0.717) is 18.2 Å². The van der Waals surface area contributed by atoms with Gasteiger partial charge >= 0.3 is 0 Å². The molecule has 1 aliphatic rings. The van der Waals surface area contributed by atoms with Crippen LogP contribution in [0.3, 0.4) is 0 Å². The van der Waals surface area contributed by atoms with E-state index in [1.165, 1.54) is 32.1 Å². The van der Waals surface area contributed by atoms with Crippen molar-refractivity contribution in [1.82, 2.24) is 10.3 Å². The molecule has 19 heavy (non-hydrogen) atoms. The van der Waals surface area contributed by atoms with E-state index >= 15 is 0 Å². The lowest BCUT2D eigenvalue weighted by Gasteiger charge is -2.28. The van der Waals surface area contributed by atoms with E-state index in [0.717, 1.165) is 5.56 Å². The second kappa shape index (κ2) is 6.66. The van der Waals surface area contributed by atoms with Gasteiger partial charge in [-0.15, -0.1) is 0 Å². The monoisotopic (exact) mass is 261 g/mol. The molecular formula is C15H23N3O. The molecule has 4 heteroatoms. The van der Waals surface area contributed by atoms with Gasteiger partial charge in [-0.1, -0.05) is 19.3 Å². The molecule has 1 saturated carbocycles. The van der Waals surface area contributed by atoms with Gasteiger partial charge < -0.3 is 11.1 Å². The Morgan fingerprint density at radius 2 is 2.21 bits per heavy atom. The maximum atomic E-state index is 12.2. The SMILES string of the molecule is C[C@H](NC(=O)c1cc(CN)ccn1)C1CCCCC1. The highest BCUT2D eigenvalue weighted by Gasteiger charge is 2.22. The lowest BCUT2D eigenvalue weighted by atomic mass is 9.84. The number of nitrogens with zero attached hydrogens (tertiary/aromatic N) is 1. The molecule has 1 amide bonds. The third-order valence-corrected chi connectivity index (χ3v) is 4.01. The number of amides is 1. The zero-order chi connectivity index (χ0) is 13.7. The summed E-state index contributed by atoms with van der Waals surface area (Å²) >= 11 is 0. The summed E-state index contributed by atoms with van der Waals surface area (Å²) in [5, 5.41) is 3.07. The molecule has 1 fully saturated rings. The van der Waals surface area contributed by atoms with Crippen LogP contribution in [0.4, 0.5) is 0 Å². The first kappa shape index (κ1) is 14.0. The Labute approximate surface area is 114 Å². The highest BCUT2D eigenvalue weighted by Crippen LogP contribution is 2.26. The molecule has 1 aliphatic carbocycles. The van der Waals surface area contributed by atoms with E-state index in [-0.39, 0.29) is 11.9 Å². The van der Waals surface area contributed by atoms with Crippen LogP contribution in [0, 0.1) is 5.92 Å². The number of nitrogens with two attached hydrogens (primary N) is 1.